The Labute approximate surface area is 168 Å². The fourth-order valence-electron chi connectivity index (χ4n) is 3.48. The highest BCUT2D eigenvalue weighted by Crippen LogP contribution is 2.31. The van der Waals surface area contributed by atoms with Crippen LogP contribution in [0.25, 0.3) is 10.9 Å². The number of hydrogen-bond acceptors (Lipinski definition) is 5. The van der Waals surface area contributed by atoms with Crippen molar-refractivity contribution < 1.29 is 19.1 Å². The van der Waals surface area contributed by atoms with Crippen LogP contribution in [0.15, 0.2) is 48.7 Å². The molecule has 7 nitrogen and oxygen atoms in total. The van der Waals surface area contributed by atoms with E-state index in [1.807, 2.05) is 49.4 Å². The second-order valence-corrected chi connectivity index (χ2v) is 7.16. The lowest BCUT2D eigenvalue weighted by atomic mass is 10.1. The summed E-state index contributed by atoms with van der Waals surface area (Å²) in [5.74, 6) is 0.512. The van der Waals surface area contributed by atoms with E-state index in [0.29, 0.717) is 24.4 Å². The van der Waals surface area contributed by atoms with Crippen molar-refractivity contribution >= 4 is 22.9 Å². The number of aromatic nitrogens is 2. The van der Waals surface area contributed by atoms with E-state index in [2.05, 4.69) is 5.10 Å². The Bertz CT molecular complexity index is 1040. The molecule has 0 spiro atoms. The topological polar surface area (TPSA) is 73.7 Å². The molecule has 1 aliphatic rings. The number of amides is 1. The number of benzene rings is 2. The molecule has 150 valence electrons. The molecule has 0 aliphatic carbocycles. The van der Waals surface area contributed by atoms with E-state index in [9.17, 15) is 9.59 Å². The molecule has 2 heterocycles. The summed E-state index contributed by atoms with van der Waals surface area (Å²) in [5, 5.41) is 4.98. The average Bonchev–Trinajstić information content (AvgIpc) is 3.04. The zero-order chi connectivity index (χ0) is 20.4. The maximum atomic E-state index is 12.7. The van der Waals surface area contributed by atoms with E-state index in [4.69, 9.17) is 9.47 Å². The minimum Gasteiger partial charge on any atom is -0.488 e. The molecule has 4 rings (SSSR count). The van der Waals surface area contributed by atoms with Crippen LogP contribution in [0, 0.1) is 0 Å². The highest BCUT2D eigenvalue weighted by molar-refractivity contribution is 5.91. The van der Waals surface area contributed by atoms with Gasteiger partial charge in [-0.15, -0.1) is 0 Å². The third-order valence-corrected chi connectivity index (χ3v) is 5.05. The molecule has 1 aromatic heterocycles. The number of ether oxygens (including phenoxy) is 2. The van der Waals surface area contributed by atoms with Gasteiger partial charge in [0.05, 0.1) is 24.8 Å². The summed E-state index contributed by atoms with van der Waals surface area (Å²) in [6, 6.07) is 13.4. The monoisotopic (exact) mass is 393 g/mol. The molecule has 0 bridgehead atoms. The number of fused-ring (bicyclic) bond motifs is 2. The molecule has 0 saturated carbocycles. The Morgan fingerprint density at radius 2 is 2.03 bits per heavy atom. The van der Waals surface area contributed by atoms with Gasteiger partial charge in [-0.25, -0.2) is 9.48 Å². The third kappa shape index (κ3) is 3.94. The van der Waals surface area contributed by atoms with Gasteiger partial charge < -0.3 is 14.4 Å². The zero-order valence-corrected chi connectivity index (χ0v) is 16.5. The first-order valence-corrected chi connectivity index (χ1v) is 9.69. The number of nitrogens with zero attached hydrogens (tertiary/aromatic N) is 3. The van der Waals surface area contributed by atoms with Gasteiger partial charge in [0.1, 0.15) is 18.5 Å². The van der Waals surface area contributed by atoms with Crippen molar-refractivity contribution in [2.45, 2.75) is 39.5 Å². The van der Waals surface area contributed by atoms with Crippen LogP contribution in [0.2, 0.25) is 0 Å². The van der Waals surface area contributed by atoms with E-state index in [1.54, 1.807) is 11.1 Å². The molecule has 0 N–H and O–H groups in total. The molecule has 0 fully saturated rings. The SMILES string of the molecule is CC[C@@H]1CN(C(=O)OCc2ccccc2)Cc2cc3cnn(C(C)=O)c3cc2O1. The van der Waals surface area contributed by atoms with Crippen LogP contribution in [-0.4, -0.2) is 39.3 Å². The number of carbonyl (C=O) groups excluding carboxylic acids is 2. The molecule has 1 aliphatic heterocycles. The highest BCUT2D eigenvalue weighted by atomic mass is 16.6. The number of carbonyl (C=O) groups is 2. The first-order valence-electron chi connectivity index (χ1n) is 9.69. The summed E-state index contributed by atoms with van der Waals surface area (Å²) >= 11 is 0. The van der Waals surface area contributed by atoms with Crippen molar-refractivity contribution in [1.29, 1.82) is 0 Å². The Hall–Kier alpha value is -3.35. The molecule has 2 aromatic carbocycles. The molecule has 1 amide bonds. The lowest BCUT2D eigenvalue weighted by Gasteiger charge is -2.22. The van der Waals surface area contributed by atoms with Crippen molar-refractivity contribution in [3.05, 3.63) is 59.8 Å². The Kier molecular flexibility index (Phi) is 5.20. The van der Waals surface area contributed by atoms with Crippen LogP contribution < -0.4 is 4.74 Å². The quantitative estimate of drug-likeness (QED) is 0.672. The largest absolute Gasteiger partial charge is 0.488 e. The molecular weight excluding hydrogens is 370 g/mol. The van der Waals surface area contributed by atoms with E-state index in [-0.39, 0.29) is 24.7 Å². The van der Waals surface area contributed by atoms with E-state index in [0.717, 1.165) is 22.9 Å². The summed E-state index contributed by atoms with van der Waals surface area (Å²) in [6.07, 6.45) is 1.86. The van der Waals surface area contributed by atoms with Crippen LogP contribution in [0.5, 0.6) is 5.75 Å². The minimum atomic E-state index is -0.372. The first kappa shape index (κ1) is 19.0. The lowest BCUT2D eigenvalue weighted by Crippen LogP contribution is -2.37. The lowest BCUT2D eigenvalue weighted by molar-refractivity contribution is 0.0786. The van der Waals surface area contributed by atoms with Gasteiger partial charge in [-0.3, -0.25) is 4.79 Å². The van der Waals surface area contributed by atoms with Crippen molar-refractivity contribution in [2.24, 2.45) is 0 Å². The predicted octanol–water partition coefficient (Wildman–Crippen LogP) is 4.01. The average molecular weight is 393 g/mol. The molecule has 0 unspecified atom stereocenters. The van der Waals surface area contributed by atoms with Crippen LogP contribution in [0.1, 0.15) is 36.2 Å². The van der Waals surface area contributed by atoms with E-state index >= 15 is 0 Å². The van der Waals surface area contributed by atoms with Crippen LogP contribution >= 0.6 is 0 Å². The minimum absolute atomic E-state index is 0.160. The van der Waals surface area contributed by atoms with Gasteiger partial charge in [-0.1, -0.05) is 37.3 Å². The standard InChI is InChI=1S/C22H23N3O4/c1-3-19-13-24(22(27)28-14-16-7-5-4-6-8-16)12-18-9-17-11-23-25(15(2)26)20(17)10-21(18)29-19/h4-11,19H,3,12-14H2,1-2H3/t19-/m1/s1. The molecule has 0 radical (unpaired) electrons. The van der Waals surface area contributed by atoms with E-state index < -0.39 is 0 Å². The van der Waals surface area contributed by atoms with Crippen LogP contribution in [0.4, 0.5) is 4.79 Å². The van der Waals surface area contributed by atoms with Gasteiger partial charge >= 0.3 is 6.09 Å². The van der Waals surface area contributed by atoms with Crippen LogP contribution in [0.3, 0.4) is 0 Å². The van der Waals surface area contributed by atoms with Gasteiger partial charge in [-0.05, 0) is 18.1 Å². The second-order valence-electron chi connectivity index (χ2n) is 7.16. The van der Waals surface area contributed by atoms with Crippen molar-refractivity contribution in [3.8, 4) is 5.75 Å². The molecule has 0 saturated heterocycles. The van der Waals surface area contributed by atoms with Gasteiger partial charge in [-0.2, -0.15) is 5.10 Å². The second kappa shape index (κ2) is 7.95. The summed E-state index contributed by atoms with van der Waals surface area (Å²) in [7, 11) is 0. The van der Waals surface area contributed by atoms with Crippen molar-refractivity contribution in [1.82, 2.24) is 14.7 Å². The Morgan fingerprint density at radius 3 is 2.76 bits per heavy atom. The molecule has 29 heavy (non-hydrogen) atoms. The normalized spacial score (nSPS) is 16.1. The smallest absolute Gasteiger partial charge is 0.410 e. The van der Waals surface area contributed by atoms with E-state index in [1.165, 1.54) is 11.6 Å². The van der Waals surface area contributed by atoms with Crippen molar-refractivity contribution in [2.75, 3.05) is 6.54 Å². The molecule has 3 aromatic rings. The zero-order valence-electron chi connectivity index (χ0n) is 16.5. The summed E-state index contributed by atoms with van der Waals surface area (Å²) in [6.45, 7) is 4.53. The molecule has 7 heteroatoms. The fourth-order valence-corrected chi connectivity index (χ4v) is 3.48. The van der Waals surface area contributed by atoms with Crippen LogP contribution in [-0.2, 0) is 17.9 Å². The Morgan fingerprint density at radius 1 is 1.24 bits per heavy atom. The maximum Gasteiger partial charge on any atom is 0.410 e. The van der Waals surface area contributed by atoms with Crippen molar-refractivity contribution in [3.63, 3.8) is 0 Å². The molecule has 1 atom stereocenters. The number of hydrogen-bond donors (Lipinski definition) is 0. The summed E-state index contributed by atoms with van der Waals surface area (Å²) < 4.78 is 13.0. The predicted molar refractivity (Wildman–Crippen MR) is 108 cm³/mol. The van der Waals surface area contributed by atoms with Gasteiger partial charge in [0, 0.05) is 23.9 Å². The fraction of sp³-hybridized carbons (Fsp3) is 0.318. The summed E-state index contributed by atoms with van der Waals surface area (Å²) in [4.78, 5) is 26.2. The maximum absolute atomic E-state index is 12.7. The van der Waals surface area contributed by atoms with Gasteiger partial charge in [0.25, 0.3) is 0 Å². The third-order valence-electron chi connectivity index (χ3n) is 5.05. The van der Waals surface area contributed by atoms with Gasteiger partial charge in [0.2, 0.25) is 5.91 Å². The number of rotatable bonds is 3. The molecular formula is C22H23N3O4. The highest BCUT2D eigenvalue weighted by Gasteiger charge is 2.27. The Balaban J connectivity index is 1.59. The first-order chi connectivity index (χ1) is 14.0. The summed E-state index contributed by atoms with van der Waals surface area (Å²) in [5.41, 5.74) is 2.51. The van der Waals surface area contributed by atoms with Gasteiger partial charge in [0.15, 0.2) is 0 Å².